The number of sulfone groups is 1. The number of nitrogens with zero attached hydrogens (tertiary/aromatic N) is 2. The lowest BCUT2D eigenvalue weighted by atomic mass is 10.1. The van der Waals surface area contributed by atoms with Gasteiger partial charge in [-0.3, -0.25) is 4.79 Å². The van der Waals surface area contributed by atoms with E-state index in [9.17, 15) is 22.4 Å². The monoisotopic (exact) mass is 398 g/mol. The van der Waals surface area contributed by atoms with Gasteiger partial charge in [0.15, 0.2) is 9.84 Å². The highest BCUT2D eigenvalue weighted by atomic mass is 32.2. The molecule has 1 atom stereocenters. The average Bonchev–Trinajstić information content (AvgIpc) is 2.99. The Kier molecular flexibility index (Phi) is 5.45. The van der Waals surface area contributed by atoms with Crippen molar-refractivity contribution < 1.29 is 31.9 Å². The molecule has 1 amide bonds. The largest absolute Gasteiger partial charge is 0.496 e. The zero-order chi connectivity index (χ0) is 19.6. The predicted octanol–water partition coefficient (Wildman–Crippen LogP) is 1.04. The smallest absolute Gasteiger partial charge is 0.354 e. The van der Waals surface area contributed by atoms with Crippen LogP contribution >= 0.6 is 0 Å². The van der Waals surface area contributed by atoms with E-state index < -0.39 is 27.7 Å². The minimum Gasteiger partial charge on any atom is -0.496 e. The van der Waals surface area contributed by atoms with Crippen molar-refractivity contribution in [1.82, 2.24) is 5.01 Å². The van der Waals surface area contributed by atoms with Gasteiger partial charge in [-0.05, 0) is 24.6 Å². The van der Waals surface area contributed by atoms with E-state index in [2.05, 4.69) is 5.10 Å². The molecule has 146 valence electrons. The number of hydrogen-bond acceptors (Lipinski definition) is 7. The second kappa shape index (κ2) is 7.63. The number of benzene rings is 1. The normalized spacial score (nSPS) is 21.7. The van der Waals surface area contributed by atoms with Crippen LogP contribution in [-0.2, 0) is 30.8 Å². The number of methoxy groups -OCH3 is 1. The fourth-order valence-electron chi connectivity index (χ4n) is 3.06. The summed E-state index contributed by atoms with van der Waals surface area (Å²) in [6.07, 6.45) is 0.447. The van der Waals surface area contributed by atoms with Crippen LogP contribution in [0, 0.1) is 5.82 Å². The molecular formula is C17H19FN2O6S. The molecule has 8 nitrogen and oxygen atoms in total. The summed E-state index contributed by atoms with van der Waals surface area (Å²) in [6.45, 7) is -0.218. The highest BCUT2D eigenvalue weighted by molar-refractivity contribution is 7.91. The summed E-state index contributed by atoms with van der Waals surface area (Å²) in [5, 5.41) is 5.13. The van der Waals surface area contributed by atoms with Crippen molar-refractivity contribution in [2.24, 2.45) is 5.10 Å². The van der Waals surface area contributed by atoms with Crippen molar-refractivity contribution in [2.75, 3.05) is 18.6 Å². The van der Waals surface area contributed by atoms with Crippen molar-refractivity contribution in [3.8, 4) is 5.75 Å². The van der Waals surface area contributed by atoms with Crippen LogP contribution in [0.25, 0.3) is 0 Å². The van der Waals surface area contributed by atoms with Crippen LogP contribution in [0.5, 0.6) is 5.75 Å². The third-order valence-electron chi connectivity index (χ3n) is 4.45. The number of halogens is 1. The van der Waals surface area contributed by atoms with E-state index in [1.807, 2.05) is 0 Å². The third-order valence-corrected chi connectivity index (χ3v) is 6.20. The van der Waals surface area contributed by atoms with Crippen molar-refractivity contribution in [1.29, 1.82) is 0 Å². The molecule has 2 heterocycles. The maximum absolute atomic E-state index is 13.4. The fraction of sp³-hybridized carbons (Fsp3) is 0.471. The van der Waals surface area contributed by atoms with Gasteiger partial charge in [-0.2, -0.15) is 5.10 Å². The van der Waals surface area contributed by atoms with E-state index in [0.717, 1.165) is 5.01 Å². The van der Waals surface area contributed by atoms with Gasteiger partial charge in [0.25, 0.3) is 0 Å². The Labute approximate surface area is 155 Å². The van der Waals surface area contributed by atoms with Crippen LogP contribution in [-0.4, -0.2) is 55.7 Å². The molecule has 0 aromatic heterocycles. The molecule has 2 aliphatic rings. The van der Waals surface area contributed by atoms with Crippen molar-refractivity contribution in [3.05, 3.63) is 29.6 Å². The first-order valence-electron chi connectivity index (χ1n) is 8.38. The Morgan fingerprint density at radius 1 is 1.37 bits per heavy atom. The Balaban J connectivity index is 1.70. The number of carbonyl (C=O) groups is 2. The number of carbonyl (C=O) groups excluding carboxylic acids is 2. The maximum Gasteiger partial charge on any atom is 0.354 e. The lowest BCUT2D eigenvalue weighted by Crippen LogP contribution is -2.42. The van der Waals surface area contributed by atoms with Crippen LogP contribution in [0.2, 0.25) is 0 Å². The molecule has 1 saturated heterocycles. The summed E-state index contributed by atoms with van der Waals surface area (Å²) in [4.78, 5) is 24.4. The molecule has 1 aromatic carbocycles. The van der Waals surface area contributed by atoms with E-state index >= 15 is 0 Å². The van der Waals surface area contributed by atoms with Gasteiger partial charge in [0.2, 0.25) is 5.91 Å². The molecule has 10 heteroatoms. The maximum atomic E-state index is 13.4. The van der Waals surface area contributed by atoms with Crippen LogP contribution in [0.3, 0.4) is 0 Å². The molecule has 0 unspecified atom stereocenters. The van der Waals surface area contributed by atoms with Crippen molar-refractivity contribution in [3.63, 3.8) is 0 Å². The highest BCUT2D eigenvalue weighted by Crippen LogP contribution is 2.23. The molecule has 0 radical (unpaired) electrons. The molecule has 1 fully saturated rings. The van der Waals surface area contributed by atoms with Gasteiger partial charge < -0.3 is 9.47 Å². The van der Waals surface area contributed by atoms with Gasteiger partial charge in [-0.25, -0.2) is 22.6 Å². The molecule has 0 aliphatic carbocycles. The molecule has 0 N–H and O–H groups in total. The van der Waals surface area contributed by atoms with Crippen molar-refractivity contribution in [2.45, 2.75) is 31.9 Å². The fourth-order valence-corrected chi connectivity index (χ4v) is 4.75. The minimum absolute atomic E-state index is 0.00386. The zero-order valence-electron chi connectivity index (χ0n) is 14.7. The second-order valence-electron chi connectivity index (χ2n) is 6.37. The summed E-state index contributed by atoms with van der Waals surface area (Å²) < 4.78 is 46.9. The van der Waals surface area contributed by atoms with Crippen molar-refractivity contribution >= 4 is 27.4 Å². The molecule has 2 aliphatic heterocycles. The number of amides is 1. The molecule has 0 saturated carbocycles. The van der Waals surface area contributed by atoms with Crippen LogP contribution in [0.4, 0.5) is 4.39 Å². The standard InChI is InChI=1S/C17H19FN2O6S/c1-25-15-4-2-12(18)8-11(15)9-26-17(22)14-3-5-16(21)20(19-14)13-6-7-27(23,24)10-13/h2,4,8,13H,3,5-7,9-10H2,1H3/t13-/m1/s1. The topological polar surface area (TPSA) is 102 Å². The summed E-state index contributed by atoms with van der Waals surface area (Å²) in [5.74, 6) is -1.33. The zero-order valence-corrected chi connectivity index (χ0v) is 15.5. The van der Waals surface area contributed by atoms with E-state index in [0.29, 0.717) is 17.7 Å². The number of hydrogen-bond donors (Lipinski definition) is 0. The first kappa shape index (κ1) is 19.3. The van der Waals surface area contributed by atoms with E-state index in [4.69, 9.17) is 9.47 Å². The van der Waals surface area contributed by atoms with Gasteiger partial charge in [0, 0.05) is 18.4 Å². The quantitative estimate of drug-likeness (QED) is 0.687. The number of rotatable bonds is 5. The summed E-state index contributed by atoms with van der Waals surface area (Å²) in [5.41, 5.74) is 0.395. The Hall–Kier alpha value is -2.49. The molecule has 0 bridgehead atoms. The number of hydrazone groups is 1. The molecule has 3 rings (SSSR count). The van der Waals surface area contributed by atoms with Gasteiger partial charge in [0.05, 0.1) is 24.7 Å². The number of esters is 1. The van der Waals surface area contributed by atoms with E-state index in [-0.39, 0.29) is 42.6 Å². The number of ether oxygens (including phenoxy) is 2. The van der Waals surface area contributed by atoms with Gasteiger partial charge in [0.1, 0.15) is 23.9 Å². The van der Waals surface area contributed by atoms with Gasteiger partial charge in [-0.1, -0.05) is 0 Å². The second-order valence-corrected chi connectivity index (χ2v) is 8.60. The first-order valence-corrected chi connectivity index (χ1v) is 10.2. The first-order chi connectivity index (χ1) is 12.8. The van der Waals surface area contributed by atoms with Crippen LogP contribution in [0.15, 0.2) is 23.3 Å². The molecule has 1 aromatic rings. The summed E-state index contributed by atoms with van der Waals surface area (Å²) >= 11 is 0. The molecule has 27 heavy (non-hydrogen) atoms. The predicted molar refractivity (Wildman–Crippen MR) is 93.3 cm³/mol. The summed E-state index contributed by atoms with van der Waals surface area (Å²) in [7, 11) is -1.77. The lowest BCUT2D eigenvalue weighted by molar-refractivity contribution is -0.138. The summed E-state index contributed by atoms with van der Waals surface area (Å²) in [6, 6.07) is 3.30. The van der Waals surface area contributed by atoms with Gasteiger partial charge in [-0.15, -0.1) is 0 Å². The van der Waals surface area contributed by atoms with Gasteiger partial charge >= 0.3 is 5.97 Å². The SMILES string of the molecule is COc1ccc(F)cc1COC(=O)C1=NN([C@@H]2CCS(=O)(=O)C2)C(=O)CC1. The Morgan fingerprint density at radius 2 is 2.15 bits per heavy atom. The Morgan fingerprint density at radius 3 is 2.81 bits per heavy atom. The molecule has 0 spiro atoms. The van der Waals surface area contributed by atoms with Crippen LogP contribution < -0.4 is 4.74 Å². The van der Waals surface area contributed by atoms with E-state index in [1.54, 1.807) is 0 Å². The molecular weight excluding hydrogens is 379 g/mol. The minimum atomic E-state index is -3.19. The third kappa shape index (κ3) is 4.44. The van der Waals surface area contributed by atoms with E-state index in [1.165, 1.54) is 25.3 Å². The van der Waals surface area contributed by atoms with Crippen LogP contribution in [0.1, 0.15) is 24.8 Å². The average molecular weight is 398 g/mol. The lowest BCUT2D eigenvalue weighted by Gasteiger charge is -2.27. The Bertz CT molecular complexity index is 899. The highest BCUT2D eigenvalue weighted by Gasteiger charge is 2.37.